The Labute approximate surface area is 104 Å². The van der Waals surface area contributed by atoms with Crippen molar-refractivity contribution in [2.75, 3.05) is 13.7 Å². The fourth-order valence-corrected chi connectivity index (χ4v) is 2.45. The fraction of sp³-hybridized carbons (Fsp3) is 0.923. The maximum Gasteiger partial charge on any atom is 0.237 e. The minimum atomic E-state index is -0.0935. The van der Waals surface area contributed by atoms with Crippen LogP contribution in [0.4, 0.5) is 0 Å². The lowest BCUT2D eigenvalue weighted by molar-refractivity contribution is -0.125. The third-order valence-corrected chi connectivity index (χ3v) is 4.16. The summed E-state index contributed by atoms with van der Waals surface area (Å²) in [5.74, 6) is 0.120. The van der Waals surface area contributed by atoms with Crippen molar-refractivity contribution in [3.05, 3.63) is 0 Å². The van der Waals surface area contributed by atoms with Crippen LogP contribution in [0.3, 0.4) is 0 Å². The number of hydrogen-bond donors (Lipinski definition) is 2. The van der Waals surface area contributed by atoms with E-state index in [4.69, 9.17) is 4.74 Å². The first kappa shape index (κ1) is 14.5. The minimum Gasteiger partial charge on any atom is -0.380 e. The molecule has 0 aromatic heterocycles. The molecule has 17 heavy (non-hydrogen) atoms. The summed E-state index contributed by atoms with van der Waals surface area (Å²) in [6.45, 7) is 7.17. The first-order valence-corrected chi connectivity index (χ1v) is 6.69. The second-order valence-corrected chi connectivity index (χ2v) is 4.88. The van der Waals surface area contributed by atoms with Gasteiger partial charge in [0.2, 0.25) is 5.91 Å². The maximum atomic E-state index is 12.2. The van der Waals surface area contributed by atoms with E-state index < -0.39 is 0 Å². The Morgan fingerprint density at radius 1 is 1.35 bits per heavy atom. The van der Waals surface area contributed by atoms with Crippen LogP contribution < -0.4 is 10.6 Å². The minimum absolute atomic E-state index is 0.0378. The summed E-state index contributed by atoms with van der Waals surface area (Å²) in [7, 11) is 1.70. The number of hydrogen-bond acceptors (Lipinski definition) is 3. The van der Waals surface area contributed by atoms with Crippen LogP contribution in [0.15, 0.2) is 0 Å². The van der Waals surface area contributed by atoms with Gasteiger partial charge in [-0.2, -0.15) is 0 Å². The van der Waals surface area contributed by atoms with Gasteiger partial charge < -0.3 is 15.4 Å². The van der Waals surface area contributed by atoms with E-state index in [-0.39, 0.29) is 23.6 Å². The van der Waals surface area contributed by atoms with Crippen LogP contribution >= 0.6 is 0 Å². The van der Waals surface area contributed by atoms with E-state index in [1.807, 2.05) is 0 Å². The largest absolute Gasteiger partial charge is 0.380 e. The zero-order chi connectivity index (χ0) is 12.9. The third kappa shape index (κ3) is 3.42. The van der Waals surface area contributed by atoms with Crippen LogP contribution in [0.25, 0.3) is 0 Å². The molecular weight excluding hydrogens is 216 g/mol. The lowest BCUT2D eigenvalue weighted by Crippen LogP contribution is -2.52. The van der Waals surface area contributed by atoms with Gasteiger partial charge >= 0.3 is 0 Å². The van der Waals surface area contributed by atoms with E-state index in [1.165, 1.54) is 0 Å². The standard InChI is InChI=1S/C13H26N2O2/c1-5-13(6-2,7-3)15-12(16)11-8-10(17-4)9-14-11/h10-11,14H,5-9H2,1-4H3,(H,15,16). The van der Waals surface area contributed by atoms with Gasteiger partial charge in [0.05, 0.1) is 12.1 Å². The molecule has 0 saturated carbocycles. The lowest BCUT2D eigenvalue weighted by atomic mass is 9.89. The summed E-state index contributed by atoms with van der Waals surface area (Å²) in [5.41, 5.74) is -0.0378. The van der Waals surface area contributed by atoms with Crippen LogP contribution in [0.5, 0.6) is 0 Å². The van der Waals surface area contributed by atoms with Gasteiger partial charge in [-0.3, -0.25) is 4.79 Å². The van der Waals surface area contributed by atoms with Crippen molar-refractivity contribution in [2.45, 2.75) is 64.1 Å². The summed E-state index contributed by atoms with van der Waals surface area (Å²) in [6.07, 6.45) is 3.88. The van der Waals surface area contributed by atoms with Crippen LogP contribution in [0, 0.1) is 0 Å². The number of methoxy groups -OCH3 is 1. The number of carbonyl (C=O) groups is 1. The third-order valence-electron chi connectivity index (χ3n) is 4.16. The Morgan fingerprint density at radius 2 is 1.94 bits per heavy atom. The molecule has 0 bridgehead atoms. The van der Waals surface area contributed by atoms with Gasteiger partial charge in [0.25, 0.3) is 0 Å². The average molecular weight is 242 g/mol. The van der Waals surface area contributed by atoms with Crippen LogP contribution in [0.1, 0.15) is 46.5 Å². The predicted molar refractivity (Wildman–Crippen MR) is 69.0 cm³/mol. The molecule has 0 aromatic rings. The second kappa shape index (κ2) is 6.36. The zero-order valence-electron chi connectivity index (χ0n) is 11.5. The fourth-order valence-electron chi connectivity index (χ4n) is 2.45. The highest BCUT2D eigenvalue weighted by Crippen LogP contribution is 2.20. The van der Waals surface area contributed by atoms with Crippen molar-refractivity contribution in [2.24, 2.45) is 0 Å². The highest BCUT2D eigenvalue weighted by molar-refractivity contribution is 5.82. The molecule has 0 aromatic carbocycles. The maximum absolute atomic E-state index is 12.2. The van der Waals surface area contributed by atoms with Gasteiger partial charge in [0.1, 0.15) is 0 Å². The van der Waals surface area contributed by atoms with Gasteiger partial charge in [-0.1, -0.05) is 20.8 Å². The molecule has 2 N–H and O–H groups in total. The van der Waals surface area contributed by atoms with Crippen molar-refractivity contribution in [3.8, 4) is 0 Å². The number of amides is 1. The van der Waals surface area contributed by atoms with E-state index in [2.05, 4.69) is 31.4 Å². The van der Waals surface area contributed by atoms with Crippen LogP contribution in [0.2, 0.25) is 0 Å². The monoisotopic (exact) mass is 242 g/mol. The quantitative estimate of drug-likeness (QED) is 0.741. The Bertz CT molecular complexity index is 244. The number of rotatable bonds is 6. The summed E-state index contributed by atoms with van der Waals surface area (Å²) >= 11 is 0. The van der Waals surface area contributed by atoms with Crippen LogP contribution in [-0.4, -0.2) is 37.2 Å². The second-order valence-electron chi connectivity index (χ2n) is 4.88. The summed E-state index contributed by atoms with van der Waals surface area (Å²) in [6, 6.07) is -0.0935. The molecule has 2 atom stereocenters. The Hall–Kier alpha value is -0.610. The van der Waals surface area contributed by atoms with E-state index >= 15 is 0 Å². The zero-order valence-corrected chi connectivity index (χ0v) is 11.5. The van der Waals surface area contributed by atoms with E-state index in [1.54, 1.807) is 7.11 Å². The van der Waals surface area contributed by atoms with E-state index in [0.717, 1.165) is 32.2 Å². The molecule has 2 unspecified atom stereocenters. The molecule has 4 heteroatoms. The van der Waals surface area contributed by atoms with Crippen molar-refractivity contribution < 1.29 is 9.53 Å². The molecule has 1 amide bonds. The molecule has 1 aliphatic heterocycles. The Morgan fingerprint density at radius 3 is 2.35 bits per heavy atom. The molecule has 0 aliphatic carbocycles. The van der Waals surface area contributed by atoms with Crippen LogP contribution in [-0.2, 0) is 9.53 Å². The smallest absolute Gasteiger partial charge is 0.237 e. The summed E-state index contributed by atoms with van der Waals surface area (Å²) in [4.78, 5) is 12.2. The molecule has 1 fully saturated rings. The molecule has 1 aliphatic rings. The van der Waals surface area contributed by atoms with Crippen molar-refractivity contribution in [1.29, 1.82) is 0 Å². The van der Waals surface area contributed by atoms with Gasteiger partial charge in [0.15, 0.2) is 0 Å². The van der Waals surface area contributed by atoms with Crippen molar-refractivity contribution in [3.63, 3.8) is 0 Å². The van der Waals surface area contributed by atoms with Crippen molar-refractivity contribution >= 4 is 5.91 Å². The van der Waals surface area contributed by atoms with Crippen molar-refractivity contribution in [1.82, 2.24) is 10.6 Å². The normalized spacial score (nSPS) is 24.9. The number of ether oxygens (including phenoxy) is 1. The molecule has 1 rings (SSSR count). The predicted octanol–water partition coefficient (Wildman–Crippen LogP) is 1.45. The molecule has 1 saturated heterocycles. The van der Waals surface area contributed by atoms with Gasteiger partial charge in [-0.25, -0.2) is 0 Å². The SMILES string of the molecule is CCC(CC)(CC)NC(=O)C1CC(OC)CN1. The Balaban J connectivity index is 2.54. The summed E-state index contributed by atoms with van der Waals surface area (Å²) in [5, 5.41) is 6.42. The molecule has 0 spiro atoms. The van der Waals surface area contributed by atoms with E-state index in [0.29, 0.717) is 0 Å². The molecule has 4 nitrogen and oxygen atoms in total. The molecule has 0 radical (unpaired) electrons. The van der Waals surface area contributed by atoms with Gasteiger partial charge in [0, 0.05) is 19.2 Å². The van der Waals surface area contributed by atoms with Gasteiger partial charge in [-0.15, -0.1) is 0 Å². The molecular formula is C13H26N2O2. The average Bonchev–Trinajstić information content (AvgIpc) is 2.85. The number of nitrogens with one attached hydrogen (secondary N) is 2. The van der Waals surface area contributed by atoms with Gasteiger partial charge in [-0.05, 0) is 25.7 Å². The van der Waals surface area contributed by atoms with E-state index in [9.17, 15) is 4.79 Å². The highest BCUT2D eigenvalue weighted by Gasteiger charge is 2.33. The number of carbonyl (C=O) groups excluding carboxylic acids is 1. The molecule has 1 heterocycles. The topological polar surface area (TPSA) is 50.4 Å². The lowest BCUT2D eigenvalue weighted by Gasteiger charge is -2.33. The Kier molecular flexibility index (Phi) is 5.40. The highest BCUT2D eigenvalue weighted by atomic mass is 16.5. The first-order valence-electron chi connectivity index (χ1n) is 6.69. The first-order chi connectivity index (χ1) is 8.10. The summed E-state index contributed by atoms with van der Waals surface area (Å²) < 4.78 is 5.26. The molecule has 100 valence electrons.